The number of carbonyl (C=O) groups is 2. The van der Waals surface area contributed by atoms with Crippen LogP contribution < -0.4 is 5.32 Å². The average molecular weight is 453 g/mol. The van der Waals surface area contributed by atoms with Gasteiger partial charge in [0.05, 0.1) is 12.7 Å². The van der Waals surface area contributed by atoms with Crippen LogP contribution in [0.15, 0.2) is 0 Å². The number of fused-ring (bicyclic) bond motifs is 1. The zero-order valence-electron chi connectivity index (χ0n) is 20.4. The molecule has 184 valence electrons. The molecule has 1 saturated heterocycles. The van der Waals surface area contributed by atoms with Crippen LogP contribution >= 0.6 is 0 Å². The van der Waals surface area contributed by atoms with E-state index in [4.69, 9.17) is 4.74 Å². The Morgan fingerprint density at radius 2 is 1.81 bits per heavy atom. The van der Waals surface area contributed by atoms with Crippen molar-refractivity contribution in [2.45, 2.75) is 91.3 Å². The summed E-state index contributed by atoms with van der Waals surface area (Å²) < 4.78 is 5.79. The lowest BCUT2D eigenvalue weighted by molar-refractivity contribution is -0.187. The third kappa shape index (κ3) is 4.93. The molecule has 1 heterocycles. The molecule has 0 unspecified atom stereocenters. The molecule has 0 bridgehead atoms. The highest BCUT2D eigenvalue weighted by molar-refractivity contribution is 5.76. The maximum atomic E-state index is 13.2. The fourth-order valence-corrected chi connectivity index (χ4v) is 6.75. The molecule has 3 rings (SSSR count). The van der Waals surface area contributed by atoms with Gasteiger partial charge in [-0.2, -0.15) is 0 Å². The SMILES string of the molecule is CCCNC(=O)O[C@@H]1CC[C@]2(C)[C@H](CC[C@@H](O)[C@H]2CC(=O)N2CCC(C)CC2)[C@]1(C)CO. The van der Waals surface area contributed by atoms with Gasteiger partial charge in [0, 0.05) is 31.5 Å². The third-order valence-corrected chi connectivity index (χ3v) is 8.98. The molecule has 3 N–H and O–H groups in total. The summed E-state index contributed by atoms with van der Waals surface area (Å²) in [5, 5.41) is 24.2. The van der Waals surface area contributed by atoms with Crippen LogP contribution in [0.4, 0.5) is 4.79 Å². The van der Waals surface area contributed by atoms with Gasteiger partial charge >= 0.3 is 6.09 Å². The second kappa shape index (κ2) is 10.3. The fraction of sp³-hybridized carbons (Fsp3) is 0.920. The number of aliphatic hydroxyl groups is 2. The molecule has 2 saturated carbocycles. The standard InChI is InChI=1S/C25H44N2O5/c1-5-12-26-23(31)32-21-8-11-24(3)18(15-22(30)27-13-9-17(2)10-14-27)19(29)6-7-20(24)25(21,4)16-28/h17-21,28-29H,5-16H2,1-4H3,(H,26,31)/t18-,19-,20+,21-,24+,25+/m1/s1. The first kappa shape index (κ1) is 25.3. The highest BCUT2D eigenvalue weighted by Crippen LogP contribution is 2.61. The number of amides is 2. The molecule has 32 heavy (non-hydrogen) atoms. The normalized spacial score (nSPS) is 38.1. The number of alkyl carbamates (subject to hydrolysis) is 1. The molecule has 3 fully saturated rings. The van der Waals surface area contributed by atoms with Gasteiger partial charge in [0.25, 0.3) is 0 Å². The van der Waals surface area contributed by atoms with Gasteiger partial charge in [-0.1, -0.05) is 27.7 Å². The molecule has 0 aromatic carbocycles. The maximum absolute atomic E-state index is 13.2. The van der Waals surface area contributed by atoms with Gasteiger partial charge < -0.3 is 25.2 Å². The summed E-state index contributed by atoms with van der Waals surface area (Å²) in [6.45, 7) is 10.5. The lowest BCUT2D eigenvalue weighted by atomic mass is 9.46. The van der Waals surface area contributed by atoms with Crippen molar-refractivity contribution in [3.63, 3.8) is 0 Å². The van der Waals surface area contributed by atoms with E-state index in [-0.39, 0.29) is 35.9 Å². The second-order valence-corrected chi connectivity index (χ2v) is 11.1. The number of nitrogens with zero attached hydrogens (tertiary/aromatic N) is 1. The Hall–Kier alpha value is -1.34. The second-order valence-electron chi connectivity index (χ2n) is 11.1. The predicted molar refractivity (Wildman–Crippen MR) is 123 cm³/mol. The lowest BCUT2D eigenvalue weighted by Gasteiger charge is -2.60. The number of hydrogen-bond acceptors (Lipinski definition) is 5. The Morgan fingerprint density at radius 3 is 2.44 bits per heavy atom. The van der Waals surface area contributed by atoms with Crippen molar-refractivity contribution < 1.29 is 24.5 Å². The first-order chi connectivity index (χ1) is 15.2. The Labute approximate surface area is 193 Å². The first-order valence-corrected chi connectivity index (χ1v) is 12.7. The van der Waals surface area contributed by atoms with E-state index in [1.54, 1.807) is 0 Å². The van der Waals surface area contributed by atoms with Gasteiger partial charge in [-0.25, -0.2) is 4.79 Å². The summed E-state index contributed by atoms with van der Waals surface area (Å²) in [4.78, 5) is 27.4. The van der Waals surface area contributed by atoms with Crippen molar-refractivity contribution in [2.75, 3.05) is 26.2 Å². The molecule has 1 aliphatic heterocycles. The van der Waals surface area contributed by atoms with Gasteiger partial charge in [0.2, 0.25) is 5.91 Å². The van der Waals surface area contributed by atoms with Crippen LogP contribution in [-0.4, -0.2) is 65.6 Å². The Bertz CT molecular complexity index is 665. The number of carbonyl (C=O) groups excluding carboxylic acids is 2. The van der Waals surface area contributed by atoms with Gasteiger partial charge in [0.15, 0.2) is 0 Å². The van der Waals surface area contributed by atoms with Crippen LogP contribution in [0.2, 0.25) is 0 Å². The molecular weight excluding hydrogens is 408 g/mol. The quantitative estimate of drug-likeness (QED) is 0.574. The minimum atomic E-state index is -0.599. The summed E-state index contributed by atoms with van der Waals surface area (Å²) in [5.74, 6) is 0.733. The van der Waals surface area contributed by atoms with E-state index in [2.05, 4.69) is 19.2 Å². The van der Waals surface area contributed by atoms with E-state index in [9.17, 15) is 19.8 Å². The number of hydrogen-bond donors (Lipinski definition) is 3. The van der Waals surface area contributed by atoms with Gasteiger partial charge in [-0.3, -0.25) is 4.79 Å². The van der Waals surface area contributed by atoms with Crippen molar-refractivity contribution in [3.8, 4) is 0 Å². The van der Waals surface area contributed by atoms with Crippen LogP contribution in [0.3, 0.4) is 0 Å². The van der Waals surface area contributed by atoms with Crippen LogP contribution in [0.1, 0.15) is 79.1 Å². The highest BCUT2D eigenvalue weighted by Gasteiger charge is 2.60. The van der Waals surface area contributed by atoms with Crippen LogP contribution in [0.5, 0.6) is 0 Å². The third-order valence-electron chi connectivity index (χ3n) is 8.98. The van der Waals surface area contributed by atoms with E-state index >= 15 is 0 Å². The molecule has 0 radical (unpaired) electrons. The van der Waals surface area contributed by atoms with Gasteiger partial charge in [-0.15, -0.1) is 0 Å². The monoisotopic (exact) mass is 452 g/mol. The number of likely N-dealkylation sites (tertiary alicyclic amines) is 1. The van der Waals surface area contributed by atoms with Gasteiger partial charge in [-0.05, 0) is 68.1 Å². The molecule has 7 nitrogen and oxygen atoms in total. The number of ether oxygens (including phenoxy) is 1. The molecule has 2 amide bonds. The number of aliphatic hydroxyl groups excluding tert-OH is 2. The van der Waals surface area contributed by atoms with Crippen molar-refractivity contribution in [1.82, 2.24) is 10.2 Å². The minimum absolute atomic E-state index is 0.0697. The topological polar surface area (TPSA) is 99.1 Å². The van der Waals surface area contributed by atoms with Crippen molar-refractivity contribution >= 4 is 12.0 Å². The van der Waals surface area contributed by atoms with E-state index in [1.165, 1.54) is 0 Å². The largest absolute Gasteiger partial charge is 0.446 e. The van der Waals surface area contributed by atoms with Crippen molar-refractivity contribution in [1.29, 1.82) is 0 Å². The van der Waals surface area contributed by atoms with E-state index in [0.29, 0.717) is 31.7 Å². The van der Waals surface area contributed by atoms with E-state index in [1.807, 2.05) is 18.7 Å². The molecule has 3 aliphatic rings. The molecule has 0 aromatic rings. The van der Waals surface area contributed by atoms with E-state index < -0.39 is 17.6 Å². The molecule has 0 spiro atoms. The van der Waals surface area contributed by atoms with E-state index in [0.717, 1.165) is 45.2 Å². The summed E-state index contributed by atoms with van der Waals surface area (Å²) in [6, 6.07) is 0. The summed E-state index contributed by atoms with van der Waals surface area (Å²) >= 11 is 0. The Kier molecular flexibility index (Phi) is 8.13. The first-order valence-electron chi connectivity index (χ1n) is 12.7. The highest BCUT2D eigenvalue weighted by atomic mass is 16.6. The molecule has 7 heteroatoms. The number of nitrogens with one attached hydrogen (secondary N) is 1. The van der Waals surface area contributed by atoms with Crippen LogP contribution in [0, 0.1) is 28.6 Å². The lowest BCUT2D eigenvalue weighted by Crippen LogP contribution is -2.61. The average Bonchev–Trinajstić information content (AvgIpc) is 2.77. The number of rotatable bonds is 6. The minimum Gasteiger partial charge on any atom is -0.446 e. The smallest absolute Gasteiger partial charge is 0.407 e. The molecule has 6 atom stereocenters. The maximum Gasteiger partial charge on any atom is 0.407 e. The van der Waals surface area contributed by atoms with Crippen molar-refractivity contribution in [2.24, 2.45) is 28.6 Å². The molecular formula is C25H44N2O5. The van der Waals surface area contributed by atoms with Crippen molar-refractivity contribution in [3.05, 3.63) is 0 Å². The zero-order valence-corrected chi connectivity index (χ0v) is 20.4. The fourth-order valence-electron chi connectivity index (χ4n) is 6.75. The zero-order chi connectivity index (χ0) is 23.5. The number of piperidine rings is 1. The Balaban J connectivity index is 1.76. The predicted octanol–water partition coefficient (Wildman–Crippen LogP) is 3.33. The summed E-state index contributed by atoms with van der Waals surface area (Å²) in [7, 11) is 0. The summed E-state index contributed by atoms with van der Waals surface area (Å²) in [6.07, 6.45) is 4.72. The molecule has 0 aromatic heterocycles. The Morgan fingerprint density at radius 1 is 1.12 bits per heavy atom. The summed E-state index contributed by atoms with van der Waals surface area (Å²) in [5.41, 5.74) is -0.883. The van der Waals surface area contributed by atoms with Crippen LogP contribution in [-0.2, 0) is 9.53 Å². The van der Waals surface area contributed by atoms with Gasteiger partial charge in [0.1, 0.15) is 6.10 Å². The van der Waals surface area contributed by atoms with Crippen LogP contribution in [0.25, 0.3) is 0 Å². The molecule has 2 aliphatic carbocycles.